The topological polar surface area (TPSA) is 19.0 Å². The van der Waals surface area contributed by atoms with E-state index in [9.17, 15) is 0 Å². The highest BCUT2D eigenvalue weighted by molar-refractivity contribution is 9.10. The number of aromatic amines is 1. The molecular weight excluding hydrogens is 412 g/mol. The monoisotopic (exact) mass is 448 g/mol. The summed E-state index contributed by atoms with van der Waals surface area (Å²) in [5.41, 5.74) is 5.04. The molecule has 27 heavy (non-hydrogen) atoms. The number of nitrogens with zero attached hydrogens (tertiary/aromatic N) is 1. The maximum absolute atomic E-state index is 3.86. The highest BCUT2D eigenvalue weighted by atomic mass is 79.9. The molecule has 3 rings (SSSR count). The Morgan fingerprint density at radius 3 is 2.26 bits per heavy atom. The second-order valence-corrected chi connectivity index (χ2v) is 16.4. The van der Waals surface area contributed by atoms with E-state index in [1.54, 1.807) is 5.19 Å². The molecule has 0 radical (unpaired) electrons. The summed E-state index contributed by atoms with van der Waals surface area (Å²) in [6.07, 6.45) is 6.12. The number of hydrogen-bond donors (Lipinski definition) is 1. The fourth-order valence-corrected chi connectivity index (χ4v) is 13.8. The molecule has 1 atom stereocenters. The first-order valence-electron chi connectivity index (χ1n) is 10.7. The molecule has 0 amide bonds. The summed E-state index contributed by atoms with van der Waals surface area (Å²) in [7, 11) is 0.564. The van der Waals surface area contributed by atoms with Gasteiger partial charge >= 0.3 is 0 Å². The lowest BCUT2D eigenvalue weighted by Gasteiger charge is -2.44. The summed E-state index contributed by atoms with van der Waals surface area (Å²) in [4.78, 5) is 6.27. The van der Waals surface area contributed by atoms with Crippen LogP contribution < -0.4 is 5.19 Å². The molecule has 1 saturated heterocycles. The number of hydrogen-bond acceptors (Lipinski definition) is 1. The Balaban J connectivity index is 2.16. The van der Waals surface area contributed by atoms with Crippen LogP contribution in [0.15, 0.2) is 22.8 Å². The Hall–Kier alpha value is -0.583. The van der Waals surface area contributed by atoms with Gasteiger partial charge in [0, 0.05) is 27.6 Å². The molecule has 2 aromatic rings. The largest absolute Gasteiger partial charge is 0.361 e. The molecule has 0 aliphatic carbocycles. The van der Waals surface area contributed by atoms with Gasteiger partial charge in [0.2, 0.25) is 0 Å². The average molecular weight is 450 g/mol. The molecule has 1 aromatic heterocycles. The first-order chi connectivity index (χ1) is 12.7. The smallest absolute Gasteiger partial charge is 0.0970 e. The van der Waals surface area contributed by atoms with Gasteiger partial charge in [0.1, 0.15) is 0 Å². The third-order valence-electron chi connectivity index (χ3n) is 7.30. The van der Waals surface area contributed by atoms with Crippen LogP contribution in [0.3, 0.4) is 0 Å². The number of aromatic nitrogens is 1. The van der Waals surface area contributed by atoms with Crippen LogP contribution in [0.1, 0.15) is 59.9 Å². The number of likely N-dealkylation sites (tertiary alicyclic amines) is 1. The molecular formula is C23H37BrN2Si. The zero-order valence-electron chi connectivity index (χ0n) is 18.2. The van der Waals surface area contributed by atoms with Gasteiger partial charge in [0.15, 0.2) is 0 Å². The van der Waals surface area contributed by atoms with E-state index in [1.807, 2.05) is 0 Å². The Morgan fingerprint density at radius 1 is 1.11 bits per heavy atom. The third kappa shape index (κ3) is 3.58. The van der Waals surface area contributed by atoms with Gasteiger partial charge in [-0.1, -0.05) is 57.5 Å². The maximum atomic E-state index is 3.86. The molecule has 2 nitrogen and oxygen atoms in total. The number of nitrogens with one attached hydrogen (secondary N) is 1. The summed E-state index contributed by atoms with van der Waals surface area (Å²) in [6, 6.07) is 5.48. The molecule has 0 saturated carbocycles. The van der Waals surface area contributed by atoms with E-state index in [4.69, 9.17) is 0 Å². The fraction of sp³-hybridized carbons (Fsp3) is 0.652. The molecule has 1 aliphatic heterocycles. The minimum Gasteiger partial charge on any atom is -0.361 e. The molecule has 0 spiro atoms. The van der Waals surface area contributed by atoms with Crippen molar-refractivity contribution >= 4 is 40.1 Å². The summed E-state index contributed by atoms with van der Waals surface area (Å²) < 4.78 is 1.24. The predicted octanol–water partition coefficient (Wildman–Crippen LogP) is 6.45. The van der Waals surface area contributed by atoms with E-state index in [0.717, 1.165) is 6.42 Å². The maximum Gasteiger partial charge on any atom is 0.0970 e. The zero-order chi connectivity index (χ0) is 19.9. The standard InChI is InChI=1S/C23H37BrN2Si/c1-15(2)27(16(3)4,17(5)6)22-13-19(24)12-21-18(14-25-23(21)22)11-20-9-8-10-26(20)7/h12-17,20,25H,8-11H2,1-7H3/t20-/m1/s1. The Bertz CT molecular complexity index is 771. The Kier molecular flexibility index (Phi) is 6.29. The van der Waals surface area contributed by atoms with E-state index >= 15 is 0 Å². The van der Waals surface area contributed by atoms with Crippen molar-refractivity contribution in [1.82, 2.24) is 9.88 Å². The first kappa shape index (κ1) is 21.1. The highest BCUT2D eigenvalue weighted by Gasteiger charge is 2.45. The molecule has 1 aromatic carbocycles. The quantitative estimate of drug-likeness (QED) is 0.502. The van der Waals surface area contributed by atoms with Crippen LogP contribution >= 0.6 is 15.9 Å². The third-order valence-corrected chi connectivity index (χ3v) is 14.8. The summed E-state index contributed by atoms with van der Waals surface area (Å²) in [6.45, 7) is 16.0. The van der Waals surface area contributed by atoms with Crippen molar-refractivity contribution in [2.45, 2.75) is 83.5 Å². The van der Waals surface area contributed by atoms with E-state index in [2.05, 4.69) is 92.7 Å². The van der Waals surface area contributed by atoms with Crippen LogP contribution in [-0.4, -0.2) is 37.6 Å². The minimum absolute atomic E-state index is 0.689. The minimum atomic E-state index is -1.72. The molecule has 150 valence electrons. The van der Waals surface area contributed by atoms with Crippen molar-refractivity contribution in [2.24, 2.45) is 0 Å². The lowest BCUT2D eigenvalue weighted by molar-refractivity contribution is 0.310. The van der Waals surface area contributed by atoms with Crippen molar-refractivity contribution in [1.29, 1.82) is 0 Å². The Morgan fingerprint density at radius 2 is 1.74 bits per heavy atom. The second-order valence-electron chi connectivity index (χ2n) is 9.57. The molecule has 1 fully saturated rings. The van der Waals surface area contributed by atoms with Gasteiger partial charge in [-0.25, -0.2) is 0 Å². The summed E-state index contributed by atoms with van der Waals surface area (Å²) >= 11 is 3.86. The number of fused-ring (bicyclic) bond motifs is 1. The van der Waals surface area contributed by atoms with Crippen molar-refractivity contribution in [2.75, 3.05) is 13.6 Å². The highest BCUT2D eigenvalue weighted by Crippen LogP contribution is 2.43. The van der Waals surface area contributed by atoms with Gasteiger partial charge in [-0.2, -0.15) is 0 Å². The van der Waals surface area contributed by atoms with Gasteiger partial charge < -0.3 is 9.88 Å². The number of likely N-dealkylation sites (N-methyl/N-ethyl adjacent to an activating group) is 1. The van der Waals surface area contributed by atoms with Crippen molar-refractivity contribution in [3.05, 3.63) is 28.4 Å². The molecule has 4 heteroatoms. The van der Waals surface area contributed by atoms with Crippen LogP contribution in [0.5, 0.6) is 0 Å². The summed E-state index contributed by atoms with van der Waals surface area (Å²) in [5, 5.41) is 3.07. The molecule has 1 N–H and O–H groups in total. The first-order valence-corrected chi connectivity index (χ1v) is 13.7. The van der Waals surface area contributed by atoms with Gasteiger partial charge in [-0.3, -0.25) is 0 Å². The number of rotatable bonds is 6. The van der Waals surface area contributed by atoms with E-state index in [-0.39, 0.29) is 0 Å². The number of H-pyrrole nitrogens is 1. The zero-order valence-corrected chi connectivity index (χ0v) is 20.8. The van der Waals surface area contributed by atoms with Crippen molar-refractivity contribution < 1.29 is 0 Å². The van der Waals surface area contributed by atoms with Crippen molar-refractivity contribution in [3.8, 4) is 0 Å². The SMILES string of the molecule is CC(C)[Si](c1cc(Br)cc2c(C[C@H]3CCCN3C)c[nH]c12)(C(C)C)C(C)C. The van der Waals surface area contributed by atoms with E-state index in [1.165, 1.54) is 40.3 Å². The van der Waals surface area contributed by atoms with Crippen molar-refractivity contribution in [3.63, 3.8) is 0 Å². The number of benzene rings is 1. The molecule has 2 heterocycles. The Labute approximate surface area is 175 Å². The predicted molar refractivity (Wildman–Crippen MR) is 126 cm³/mol. The molecule has 0 unspecified atom stereocenters. The van der Waals surface area contributed by atoms with E-state index < -0.39 is 8.07 Å². The normalized spacial score (nSPS) is 19.3. The lowest BCUT2D eigenvalue weighted by Crippen LogP contribution is -2.56. The van der Waals surface area contributed by atoms with E-state index in [0.29, 0.717) is 22.7 Å². The summed E-state index contributed by atoms with van der Waals surface area (Å²) in [5.74, 6) is 0. The van der Waals surface area contributed by atoms with Crippen LogP contribution in [-0.2, 0) is 6.42 Å². The van der Waals surface area contributed by atoms with Gasteiger partial charge in [0.25, 0.3) is 0 Å². The lowest BCUT2D eigenvalue weighted by atomic mass is 10.0. The van der Waals surface area contributed by atoms with Crippen LogP contribution in [0, 0.1) is 0 Å². The molecule has 0 bridgehead atoms. The van der Waals surface area contributed by atoms with Crippen LogP contribution in [0.4, 0.5) is 0 Å². The van der Waals surface area contributed by atoms with Crippen LogP contribution in [0.2, 0.25) is 16.6 Å². The fourth-order valence-electron chi connectivity index (χ4n) is 6.19. The van der Waals surface area contributed by atoms with Gasteiger partial charge in [0.05, 0.1) is 8.07 Å². The second kappa shape index (κ2) is 8.04. The number of halogens is 1. The van der Waals surface area contributed by atoms with Gasteiger partial charge in [-0.15, -0.1) is 0 Å². The van der Waals surface area contributed by atoms with Crippen LogP contribution in [0.25, 0.3) is 10.9 Å². The molecule has 1 aliphatic rings. The van der Waals surface area contributed by atoms with Gasteiger partial charge in [-0.05, 0) is 72.4 Å². The average Bonchev–Trinajstić information content (AvgIpc) is 3.14.